The van der Waals surface area contributed by atoms with Crippen LogP contribution in [0.5, 0.6) is 0 Å². The maximum atomic E-state index is 13.0. The first-order valence-corrected chi connectivity index (χ1v) is 10.7. The van der Waals surface area contributed by atoms with Crippen molar-refractivity contribution in [1.29, 1.82) is 0 Å². The van der Waals surface area contributed by atoms with Crippen molar-refractivity contribution in [3.05, 3.63) is 58.1 Å². The van der Waals surface area contributed by atoms with Gasteiger partial charge in [0.2, 0.25) is 5.95 Å². The molecule has 1 amide bonds. The zero-order valence-electron chi connectivity index (χ0n) is 17.9. The van der Waals surface area contributed by atoms with Crippen molar-refractivity contribution in [3.63, 3.8) is 0 Å². The highest BCUT2D eigenvalue weighted by molar-refractivity contribution is 6.30. The Balaban J connectivity index is 1.59. The number of benzene rings is 1. The minimum Gasteiger partial charge on any atom is -0.394 e. The lowest BCUT2D eigenvalue weighted by molar-refractivity contribution is 0.0911. The molecule has 168 valence electrons. The van der Waals surface area contributed by atoms with Gasteiger partial charge in [-0.1, -0.05) is 23.7 Å². The Hall–Kier alpha value is -3.01. The number of amides is 1. The average molecular weight is 457 g/mol. The van der Waals surface area contributed by atoms with E-state index in [0.717, 1.165) is 22.4 Å². The quantitative estimate of drug-likeness (QED) is 0.521. The minimum absolute atomic E-state index is 0.256. The van der Waals surface area contributed by atoms with Crippen LogP contribution in [-0.4, -0.2) is 63.9 Å². The first-order chi connectivity index (χ1) is 15.5. The number of morpholine rings is 1. The summed E-state index contributed by atoms with van der Waals surface area (Å²) in [5.74, 6) is 0.754. The lowest BCUT2D eigenvalue weighted by Crippen LogP contribution is -2.37. The van der Waals surface area contributed by atoms with E-state index in [1.165, 1.54) is 6.33 Å². The molecule has 3 aromatic rings. The Morgan fingerprint density at radius 3 is 2.81 bits per heavy atom. The molecule has 1 aliphatic rings. The number of nitrogens with zero attached hydrogens (tertiary/aromatic N) is 4. The number of aromatic nitrogens is 4. The second-order valence-corrected chi connectivity index (χ2v) is 8.03. The molecule has 4 rings (SSSR count). The van der Waals surface area contributed by atoms with Crippen LogP contribution in [-0.2, 0) is 4.74 Å². The number of H-pyrrole nitrogens is 1. The van der Waals surface area contributed by atoms with Gasteiger partial charge in [0.05, 0.1) is 25.9 Å². The molecule has 32 heavy (non-hydrogen) atoms. The third kappa shape index (κ3) is 4.59. The van der Waals surface area contributed by atoms with Crippen molar-refractivity contribution >= 4 is 23.5 Å². The summed E-state index contributed by atoms with van der Waals surface area (Å²) in [7, 11) is 0. The van der Waals surface area contributed by atoms with Crippen LogP contribution in [0.3, 0.4) is 0 Å². The van der Waals surface area contributed by atoms with E-state index in [-0.39, 0.29) is 12.5 Å². The van der Waals surface area contributed by atoms with Gasteiger partial charge in [0.15, 0.2) is 5.82 Å². The van der Waals surface area contributed by atoms with Gasteiger partial charge in [-0.25, -0.2) is 9.97 Å². The second-order valence-electron chi connectivity index (χ2n) is 7.60. The molecule has 0 unspecified atom stereocenters. The number of aliphatic hydroxyl groups excluding tert-OH is 1. The van der Waals surface area contributed by atoms with Gasteiger partial charge in [0.1, 0.15) is 12.0 Å². The SMILES string of the molecule is Cc1[nH]c(C(=O)N[C@H](CO)c2cccc(Cl)c2)c(C)c1-c1ncnc(N2CCOCC2)n1. The van der Waals surface area contributed by atoms with Gasteiger partial charge in [-0.2, -0.15) is 4.98 Å². The molecule has 0 saturated carbocycles. The number of carbonyl (C=O) groups excluding carboxylic acids is 1. The van der Waals surface area contributed by atoms with E-state index in [2.05, 4.69) is 30.2 Å². The predicted molar refractivity (Wildman–Crippen MR) is 121 cm³/mol. The van der Waals surface area contributed by atoms with E-state index in [1.54, 1.807) is 18.2 Å². The molecule has 0 bridgehead atoms. The molecule has 1 saturated heterocycles. The van der Waals surface area contributed by atoms with E-state index in [4.69, 9.17) is 16.3 Å². The van der Waals surface area contributed by atoms with Crippen LogP contribution in [0.25, 0.3) is 11.4 Å². The maximum Gasteiger partial charge on any atom is 0.268 e. The van der Waals surface area contributed by atoms with Crippen molar-refractivity contribution in [3.8, 4) is 11.4 Å². The standard InChI is InChI=1S/C22H25ClN6O3/c1-13-18(20-24-12-25-22(28-20)29-6-8-32-9-7-29)14(2)26-19(13)21(31)27-17(11-30)15-4-3-5-16(23)10-15/h3-5,10,12,17,26,30H,6-9,11H2,1-2H3,(H,27,31)/t17-/m1/s1. The number of aromatic amines is 1. The topological polar surface area (TPSA) is 116 Å². The molecule has 1 fully saturated rings. The summed E-state index contributed by atoms with van der Waals surface area (Å²) < 4.78 is 5.40. The largest absolute Gasteiger partial charge is 0.394 e. The highest BCUT2D eigenvalue weighted by Gasteiger charge is 2.24. The number of ether oxygens (including phenoxy) is 1. The molecule has 0 aliphatic carbocycles. The second kappa shape index (κ2) is 9.64. The van der Waals surface area contributed by atoms with E-state index in [1.807, 2.05) is 19.9 Å². The third-order valence-electron chi connectivity index (χ3n) is 5.48. The van der Waals surface area contributed by atoms with Crippen LogP contribution < -0.4 is 10.2 Å². The van der Waals surface area contributed by atoms with Gasteiger partial charge in [-0.3, -0.25) is 4.79 Å². The Labute approximate surface area is 190 Å². The first-order valence-electron chi connectivity index (χ1n) is 10.4. The number of nitrogens with one attached hydrogen (secondary N) is 2. The summed E-state index contributed by atoms with van der Waals surface area (Å²) in [4.78, 5) is 31.5. The zero-order chi connectivity index (χ0) is 22.7. The molecule has 1 aliphatic heterocycles. The van der Waals surface area contributed by atoms with Crippen molar-refractivity contribution in [2.24, 2.45) is 0 Å². The van der Waals surface area contributed by atoms with Gasteiger partial charge in [0, 0.05) is 29.4 Å². The lowest BCUT2D eigenvalue weighted by atomic mass is 10.1. The maximum absolute atomic E-state index is 13.0. The molecular weight excluding hydrogens is 432 g/mol. The smallest absolute Gasteiger partial charge is 0.268 e. The molecule has 0 spiro atoms. The van der Waals surface area contributed by atoms with E-state index in [9.17, 15) is 9.90 Å². The summed E-state index contributed by atoms with van der Waals surface area (Å²) >= 11 is 6.06. The molecule has 3 heterocycles. The van der Waals surface area contributed by atoms with Gasteiger partial charge >= 0.3 is 0 Å². The number of hydrogen-bond acceptors (Lipinski definition) is 7. The van der Waals surface area contributed by atoms with Crippen molar-refractivity contribution < 1.29 is 14.6 Å². The fraction of sp³-hybridized carbons (Fsp3) is 0.364. The summed E-state index contributed by atoms with van der Waals surface area (Å²) in [6.45, 7) is 6.16. The highest BCUT2D eigenvalue weighted by Crippen LogP contribution is 2.28. The number of halogens is 1. The van der Waals surface area contributed by atoms with Crippen molar-refractivity contribution in [2.45, 2.75) is 19.9 Å². The Kier molecular flexibility index (Phi) is 6.69. The molecule has 10 heteroatoms. The molecule has 1 aromatic carbocycles. The van der Waals surface area contributed by atoms with Crippen molar-refractivity contribution in [2.75, 3.05) is 37.8 Å². The number of carbonyl (C=O) groups is 1. The Morgan fingerprint density at radius 2 is 2.09 bits per heavy atom. The van der Waals surface area contributed by atoms with Gasteiger partial charge < -0.3 is 25.0 Å². The van der Waals surface area contributed by atoms with Gasteiger partial charge in [-0.05, 0) is 37.1 Å². The van der Waals surface area contributed by atoms with Crippen LogP contribution in [0.4, 0.5) is 5.95 Å². The van der Waals surface area contributed by atoms with Gasteiger partial charge in [0.25, 0.3) is 5.91 Å². The van der Waals surface area contributed by atoms with Crippen LogP contribution in [0.15, 0.2) is 30.6 Å². The van der Waals surface area contributed by atoms with Crippen LogP contribution in [0.1, 0.15) is 33.4 Å². The molecule has 9 nitrogen and oxygen atoms in total. The predicted octanol–water partition coefficient (Wildman–Crippen LogP) is 2.44. The monoisotopic (exact) mass is 456 g/mol. The normalized spacial score (nSPS) is 14.9. The van der Waals surface area contributed by atoms with Crippen LogP contribution in [0, 0.1) is 13.8 Å². The van der Waals surface area contributed by atoms with Crippen LogP contribution >= 0.6 is 11.6 Å². The van der Waals surface area contributed by atoms with Gasteiger partial charge in [-0.15, -0.1) is 0 Å². The third-order valence-corrected chi connectivity index (χ3v) is 5.72. The number of aryl methyl sites for hydroxylation is 1. The molecule has 2 aromatic heterocycles. The highest BCUT2D eigenvalue weighted by atomic mass is 35.5. The summed E-state index contributed by atoms with van der Waals surface area (Å²) in [6.07, 6.45) is 1.49. The molecule has 1 atom stereocenters. The number of rotatable bonds is 6. The van der Waals surface area contributed by atoms with E-state index in [0.29, 0.717) is 48.8 Å². The summed E-state index contributed by atoms with van der Waals surface area (Å²) in [5, 5.41) is 13.2. The number of anilines is 1. The first kappa shape index (κ1) is 22.2. The summed E-state index contributed by atoms with van der Waals surface area (Å²) in [5.41, 5.74) is 3.38. The lowest BCUT2D eigenvalue weighted by Gasteiger charge is -2.26. The average Bonchev–Trinajstić information content (AvgIpc) is 3.12. The van der Waals surface area contributed by atoms with Crippen molar-refractivity contribution in [1.82, 2.24) is 25.3 Å². The number of hydrogen-bond donors (Lipinski definition) is 3. The van der Waals surface area contributed by atoms with E-state index >= 15 is 0 Å². The molecule has 0 radical (unpaired) electrons. The fourth-order valence-corrected chi connectivity index (χ4v) is 4.02. The summed E-state index contributed by atoms with van der Waals surface area (Å²) in [6, 6.07) is 6.47. The molecule has 3 N–H and O–H groups in total. The number of aliphatic hydroxyl groups is 1. The molecular formula is C22H25ClN6O3. The van der Waals surface area contributed by atoms with Crippen LogP contribution in [0.2, 0.25) is 5.02 Å². The Morgan fingerprint density at radius 1 is 1.31 bits per heavy atom. The van der Waals surface area contributed by atoms with E-state index < -0.39 is 6.04 Å². The minimum atomic E-state index is -0.585. The fourth-order valence-electron chi connectivity index (χ4n) is 3.82. The Bertz CT molecular complexity index is 1110. The zero-order valence-corrected chi connectivity index (χ0v) is 18.7.